The first-order chi connectivity index (χ1) is 20.3. The zero-order chi connectivity index (χ0) is 29.6. The van der Waals surface area contributed by atoms with Crippen LogP contribution in [0.2, 0.25) is 0 Å². The molecule has 0 bridgehead atoms. The summed E-state index contributed by atoms with van der Waals surface area (Å²) >= 11 is 0. The number of quaternary nitrogens is 1. The first-order valence-corrected chi connectivity index (χ1v) is 14.0. The Balaban J connectivity index is 1.50. The van der Waals surface area contributed by atoms with Crippen molar-refractivity contribution < 1.29 is 29.1 Å². The number of ketones is 1. The maximum Gasteiger partial charge on any atom is 0.295 e. The number of ether oxygens (including phenoxy) is 2. The van der Waals surface area contributed by atoms with E-state index in [9.17, 15) is 14.7 Å². The molecule has 0 spiro atoms. The maximum absolute atomic E-state index is 14.0. The van der Waals surface area contributed by atoms with Crippen molar-refractivity contribution in [2.45, 2.75) is 19.6 Å². The van der Waals surface area contributed by atoms with Crippen LogP contribution in [0, 0.1) is 6.92 Å². The minimum absolute atomic E-state index is 0.0528. The Labute approximate surface area is 246 Å². The Bertz CT molecular complexity index is 1600. The molecule has 0 saturated carbocycles. The third-order valence-electron chi connectivity index (χ3n) is 7.21. The number of hydrogen-bond donors (Lipinski definition) is 1. The first-order valence-electron chi connectivity index (χ1n) is 14.0. The molecule has 214 valence electrons. The molecule has 1 fully saturated rings. The Morgan fingerprint density at radius 1 is 0.857 bits per heavy atom. The highest BCUT2D eigenvalue weighted by atomic mass is 16.5. The third kappa shape index (κ3) is 6.37. The van der Waals surface area contributed by atoms with E-state index >= 15 is 0 Å². The molecule has 4 aromatic carbocycles. The number of nitrogens with one attached hydrogen (secondary N) is 1. The Kier molecular flexibility index (Phi) is 8.69. The Morgan fingerprint density at radius 3 is 2.24 bits per heavy atom. The van der Waals surface area contributed by atoms with E-state index in [-0.39, 0.29) is 5.57 Å². The number of benzene rings is 4. The number of carbonyl (C=O) groups excluding carboxylic acids is 2. The van der Waals surface area contributed by atoms with E-state index in [1.54, 1.807) is 30.3 Å². The van der Waals surface area contributed by atoms with Crippen LogP contribution in [-0.4, -0.2) is 43.8 Å². The number of amides is 1. The molecule has 1 heterocycles. The summed E-state index contributed by atoms with van der Waals surface area (Å²) in [5.41, 5.74) is 2.71. The fraction of sp³-hybridized carbons (Fsp3) is 0.200. The fourth-order valence-electron chi connectivity index (χ4n) is 5.01. The van der Waals surface area contributed by atoms with Gasteiger partial charge in [0.15, 0.2) is 0 Å². The number of nitrogens with zero attached hydrogens (tertiary/aromatic N) is 1. The summed E-state index contributed by atoms with van der Waals surface area (Å²) < 4.78 is 12.0. The number of likely N-dealkylation sites (N-methyl/N-ethyl adjacent to an activating group) is 1. The van der Waals surface area contributed by atoms with Gasteiger partial charge in [-0.05, 0) is 65.6 Å². The number of para-hydroxylation sites is 1. The SMILES string of the molecule is Cc1cc(/C([O-])=C2\C(=O)C(=O)N(CC[NH+](C)C)C2c2cccc(Oc3ccccc3)c2)ccc1OCc1ccccc1. The topological polar surface area (TPSA) is 83.3 Å². The summed E-state index contributed by atoms with van der Waals surface area (Å²) in [6, 6.07) is 30.7. The minimum Gasteiger partial charge on any atom is -0.872 e. The molecule has 0 radical (unpaired) electrons. The number of rotatable bonds is 10. The first kappa shape index (κ1) is 28.6. The summed E-state index contributed by atoms with van der Waals surface area (Å²) in [5, 5.41) is 14.0. The maximum atomic E-state index is 14.0. The van der Waals surface area contributed by atoms with Gasteiger partial charge in [0.2, 0.25) is 5.78 Å². The van der Waals surface area contributed by atoms with E-state index < -0.39 is 23.5 Å². The molecule has 0 aromatic heterocycles. The van der Waals surface area contributed by atoms with Crippen LogP contribution < -0.4 is 19.5 Å². The van der Waals surface area contributed by atoms with Gasteiger partial charge in [0.25, 0.3) is 5.91 Å². The van der Waals surface area contributed by atoms with Crippen molar-refractivity contribution >= 4 is 17.4 Å². The molecule has 1 aliphatic heterocycles. The second-order valence-electron chi connectivity index (χ2n) is 10.7. The molecule has 7 heteroatoms. The van der Waals surface area contributed by atoms with Gasteiger partial charge >= 0.3 is 0 Å². The highest BCUT2D eigenvalue weighted by Gasteiger charge is 2.44. The number of hydrogen-bond acceptors (Lipinski definition) is 5. The van der Waals surface area contributed by atoms with E-state index in [0.29, 0.717) is 48.1 Å². The van der Waals surface area contributed by atoms with Gasteiger partial charge in [-0.3, -0.25) is 9.59 Å². The fourth-order valence-corrected chi connectivity index (χ4v) is 5.01. The molecular weight excluding hydrogens is 528 g/mol. The molecule has 7 nitrogen and oxygen atoms in total. The summed E-state index contributed by atoms with van der Waals surface area (Å²) in [4.78, 5) is 29.4. The molecule has 0 aliphatic carbocycles. The lowest BCUT2D eigenvalue weighted by Gasteiger charge is -2.28. The summed E-state index contributed by atoms with van der Waals surface area (Å²) in [7, 11) is 3.96. The van der Waals surface area contributed by atoms with Crippen molar-refractivity contribution in [3.8, 4) is 17.2 Å². The molecule has 1 N–H and O–H groups in total. The van der Waals surface area contributed by atoms with Crippen LogP contribution in [0.4, 0.5) is 0 Å². The van der Waals surface area contributed by atoms with Gasteiger partial charge in [-0.1, -0.05) is 72.5 Å². The van der Waals surface area contributed by atoms with E-state index in [0.717, 1.165) is 16.0 Å². The van der Waals surface area contributed by atoms with Crippen LogP contribution in [0.3, 0.4) is 0 Å². The van der Waals surface area contributed by atoms with Gasteiger partial charge in [0.05, 0.1) is 33.2 Å². The van der Waals surface area contributed by atoms with Crippen molar-refractivity contribution in [2.24, 2.45) is 0 Å². The number of likely N-dealkylation sites (tertiary alicyclic amines) is 1. The number of carbonyl (C=O) groups is 2. The van der Waals surface area contributed by atoms with Crippen LogP contribution in [0.5, 0.6) is 17.2 Å². The van der Waals surface area contributed by atoms with Gasteiger partial charge in [-0.15, -0.1) is 0 Å². The van der Waals surface area contributed by atoms with Crippen LogP contribution >= 0.6 is 0 Å². The molecule has 1 aliphatic rings. The molecule has 42 heavy (non-hydrogen) atoms. The van der Waals surface area contributed by atoms with Crippen molar-refractivity contribution in [2.75, 3.05) is 27.2 Å². The Hall–Kier alpha value is -4.88. The lowest BCUT2D eigenvalue weighted by Crippen LogP contribution is -3.06. The van der Waals surface area contributed by atoms with Gasteiger partial charge < -0.3 is 24.4 Å². The molecule has 4 aromatic rings. The van der Waals surface area contributed by atoms with Crippen molar-refractivity contribution in [3.63, 3.8) is 0 Å². The van der Waals surface area contributed by atoms with Gasteiger partial charge in [0, 0.05) is 5.57 Å². The van der Waals surface area contributed by atoms with Crippen molar-refractivity contribution in [1.29, 1.82) is 0 Å². The molecule has 1 saturated heterocycles. The van der Waals surface area contributed by atoms with Gasteiger partial charge in [-0.25, -0.2) is 0 Å². The summed E-state index contributed by atoms with van der Waals surface area (Å²) in [6.07, 6.45) is 0. The second-order valence-corrected chi connectivity index (χ2v) is 10.7. The zero-order valence-electron chi connectivity index (χ0n) is 24.0. The normalized spacial score (nSPS) is 16.2. The van der Waals surface area contributed by atoms with Crippen LogP contribution in [0.25, 0.3) is 5.76 Å². The summed E-state index contributed by atoms with van der Waals surface area (Å²) in [6.45, 7) is 3.19. The smallest absolute Gasteiger partial charge is 0.295 e. The molecule has 1 amide bonds. The Morgan fingerprint density at radius 2 is 1.55 bits per heavy atom. The predicted octanol–water partition coefficient (Wildman–Crippen LogP) is 3.73. The lowest BCUT2D eigenvalue weighted by molar-refractivity contribution is -0.857. The molecular formula is C35H34N2O5. The predicted molar refractivity (Wildman–Crippen MR) is 159 cm³/mol. The monoisotopic (exact) mass is 562 g/mol. The highest BCUT2D eigenvalue weighted by Crippen LogP contribution is 2.40. The third-order valence-corrected chi connectivity index (χ3v) is 7.21. The minimum atomic E-state index is -0.828. The molecule has 5 rings (SSSR count). The van der Waals surface area contributed by atoms with Crippen LogP contribution in [0.1, 0.15) is 28.3 Å². The van der Waals surface area contributed by atoms with Crippen LogP contribution in [0.15, 0.2) is 109 Å². The van der Waals surface area contributed by atoms with E-state index in [4.69, 9.17) is 9.47 Å². The lowest BCUT2D eigenvalue weighted by atomic mass is 9.94. The molecule has 1 unspecified atom stereocenters. The highest BCUT2D eigenvalue weighted by molar-refractivity contribution is 6.46. The quantitative estimate of drug-likeness (QED) is 0.181. The average Bonchev–Trinajstić information content (AvgIpc) is 3.25. The van der Waals surface area contributed by atoms with E-state index in [2.05, 4.69) is 0 Å². The standard InChI is InChI=1S/C35H34N2O5/c1-24-21-27(17-18-30(24)41-23-25-11-6-4-7-12-25)33(38)31-32(37(20-19-36(2)3)35(40)34(31)39)26-13-10-16-29(22-26)42-28-14-8-5-9-15-28/h4-18,21-22,32,38H,19-20,23H2,1-3H3/b33-31+. The zero-order valence-corrected chi connectivity index (χ0v) is 24.0. The van der Waals surface area contributed by atoms with Gasteiger partial charge in [-0.2, -0.15) is 0 Å². The van der Waals surface area contributed by atoms with Crippen molar-refractivity contribution in [1.82, 2.24) is 4.90 Å². The second kappa shape index (κ2) is 12.7. The average molecular weight is 563 g/mol. The van der Waals surface area contributed by atoms with Gasteiger partial charge in [0.1, 0.15) is 23.9 Å². The van der Waals surface area contributed by atoms with Crippen molar-refractivity contribution in [3.05, 3.63) is 131 Å². The number of aryl methyl sites for hydroxylation is 1. The summed E-state index contributed by atoms with van der Waals surface area (Å²) in [5.74, 6) is -0.0520. The van der Waals surface area contributed by atoms with Crippen LogP contribution in [-0.2, 0) is 16.2 Å². The largest absolute Gasteiger partial charge is 0.872 e. The molecule has 1 atom stereocenters. The van der Waals surface area contributed by atoms with E-state index in [1.807, 2.05) is 93.8 Å². The number of Topliss-reactive ketones (excluding diaryl/α,β-unsaturated/α-hetero) is 1. The van der Waals surface area contributed by atoms with E-state index in [1.165, 1.54) is 4.90 Å².